The van der Waals surface area contributed by atoms with Gasteiger partial charge < -0.3 is 20.1 Å². The van der Waals surface area contributed by atoms with Gasteiger partial charge in [-0.05, 0) is 20.5 Å². The summed E-state index contributed by atoms with van der Waals surface area (Å²) in [4.78, 5) is 14.7. The molecule has 0 amide bonds. The van der Waals surface area contributed by atoms with Crippen LogP contribution in [0.5, 0.6) is 5.75 Å². The molecule has 7 nitrogen and oxygen atoms in total. The molecule has 1 aromatic rings. The second kappa shape index (κ2) is 5.90. The van der Waals surface area contributed by atoms with Crippen molar-refractivity contribution in [3.8, 4) is 5.75 Å². The van der Waals surface area contributed by atoms with Crippen LogP contribution in [0, 0.1) is 0 Å². The van der Waals surface area contributed by atoms with Gasteiger partial charge in [0.1, 0.15) is 11.2 Å². The van der Waals surface area contributed by atoms with Gasteiger partial charge in [-0.25, -0.2) is 0 Å². The number of ketones is 1. The fraction of sp³-hybridized carbons (Fsp3) is 0.692. The first kappa shape index (κ1) is 15.0. The number of nitrogens with zero attached hydrogens (tertiary/aromatic N) is 3. The number of hydrogen-bond acceptors (Lipinski definition) is 6. The van der Waals surface area contributed by atoms with E-state index in [9.17, 15) is 4.79 Å². The third kappa shape index (κ3) is 2.84. The van der Waals surface area contributed by atoms with Crippen LogP contribution in [0.4, 0.5) is 0 Å². The first-order valence-electron chi connectivity index (χ1n) is 6.64. The van der Waals surface area contributed by atoms with E-state index in [4.69, 9.17) is 15.2 Å². The molecular formula is C13H22N4O3. The van der Waals surface area contributed by atoms with Gasteiger partial charge in [-0.2, -0.15) is 5.10 Å². The molecule has 1 atom stereocenters. The average Bonchev–Trinajstić information content (AvgIpc) is 3.02. The lowest BCUT2D eigenvalue weighted by atomic mass is 9.92. The molecule has 0 spiro atoms. The Labute approximate surface area is 118 Å². The van der Waals surface area contributed by atoms with Gasteiger partial charge in [0.05, 0.1) is 26.5 Å². The highest BCUT2D eigenvalue weighted by Gasteiger charge is 2.41. The molecule has 7 heteroatoms. The number of nitrogens with two attached hydrogens (primary N) is 1. The first-order valence-corrected chi connectivity index (χ1v) is 6.64. The number of hydrogen-bond donors (Lipinski definition) is 1. The molecule has 0 aliphatic carbocycles. The summed E-state index contributed by atoms with van der Waals surface area (Å²) in [6.07, 6.45) is 2.08. The molecule has 1 aliphatic heterocycles. The SMILES string of the molecule is COc1cnn(CCN(C)C)c1C(=O)C1(N)CCOC1. The number of Topliss-reactive ketones (excluding diaryl/α,β-unsaturated/α-hetero) is 1. The van der Waals surface area contributed by atoms with Crippen LogP contribution in [0.3, 0.4) is 0 Å². The fourth-order valence-electron chi connectivity index (χ4n) is 2.21. The quantitative estimate of drug-likeness (QED) is 0.725. The van der Waals surface area contributed by atoms with E-state index in [-0.39, 0.29) is 12.4 Å². The van der Waals surface area contributed by atoms with Gasteiger partial charge in [-0.3, -0.25) is 9.48 Å². The lowest BCUT2D eigenvalue weighted by Gasteiger charge is -2.21. The van der Waals surface area contributed by atoms with E-state index in [1.807, 2.05) is 19.0 Å². The molecular weight excluding hydrogens is 260 g/mol. The molecule has 2 N–H and O–H groups in total. The summed E-state index contributed by atoms with van der Waals surface area (Å²) in [5, 5.41) is 4.23. The van der Waals surface area contributed by atoms with Crippen molar-refractivity contribution < 1.29 is 14.3 Å². The molecule has 0 aromatic carbocycles. The molecule has 1 aromatic heterocycles. The van der Waals surface area contributed by atoms with Crippen molar-refractivity contribution in [3.05, 3.63) is 11.9 Å². The Morgan fingerprint density at radius 2 is 2.40 bits per heavy atom. The molecule has 20 heavy (non-hydrogen) atoms. The lowest BCUT2D eigenvalue weighted by molar-refractivity contribution is 0.0847. The summed E-state index contributed by atoms with van der Waals surface area (Å²) in [6.45, 7) is 2.14. The number of carbonyl (C=O) groups is 1. The average molecular weight is 282 g/mol. The van der Waals surface area contributed by atoms with Gasteiger partial charge in [-0.15, -0.1) is 0 Å². The summed E-state index contributed by atoms with van der Waals surface area (Å²) >= 11 is 0. The monoisotopic (exact) mass is 282 g/mol. The van der Waals surface area contributed by atoms with Crippen LogP contribution in [-0.2, 0) is 11.3 Å². The highest BCUT2D eigenvalue weighted by atomic mass is 16.5. The van der Waals surface area contributed by atoms with Gasteiger partial charge in [0, 0.05) is 13.2 Å². The number of methoxy groups -OCH3 is 1. The minimum atomic E-state index is -0.969. The first-order chi connectivity index (χ1) is 9.48. The summed E-state index contributed by atoms with van der Waals surface area (Å²) in [5.41, 5.74) is 5.62. The van der Waals surface area contributed by atoms with Crippen molar-refractivity contribution in [1.82, 2.24) is 14.7 Å². The zero-order valence-corrected chi connectivity index (χ0v) is 12.3. The van der Waals surface area contributed by atoms with Crippen LogP contribution < -0.4 is 10.5 Å². The zero-order valence-electron chi connectivity index (χ0n) is 12.3. The van der Waals surface area contributed by atoms with E-state index in [0.717, 1.165) is 6.54 Å². The third-order valence-corrected chi connectivity index (χ3v) is 3.50. The Kier molecular flexibility index (Phi) is 4.42. The summed E-state index contributed by atoms with van der Waals surface area (Å²) in [7, 11) is 5.47. The minimum Gasteiger partial charge on any atom is -0.493 e. The smallest absolute Gasteiger partial charge is 0.206 e. The Morgan fingerprint density at radius 3 is 2.95 bits per heavy atom. The van der Waals surface area contributed by atoms with Crippen molar-refractivity contribution in [2.24, 2.45) is 5.73 Å². The summed E-state index contributed by atoms with van der Waals surface area (Å²) in [6, 6.07) is 0. The number of ether oxygens (including phenoxy) is 2. The van der Waals surface area contributed by atoms with Crippen molar-refractivity contribution in [1.29, 1.82) is 0 Å². The van der Waals surface area contributed by atoms with Crippen LogP contribution in [-0.4, -0.2) is 67.0 Å². The predicted molar refractivity (Wildman–Crippen MR) is 74.0 cm³/mol. The number of aromatic nitrogens is 2. The minimum absolute atomic E-state index is 0.164. The van der Waals surface area contributed by atoms with E-state index < -0.39 is 5.54 Å². The molecule has 0 bridgehead atoms. The normalized spacial score (nSPS) is 22.4. The summed E-state index contributed by atoms with van der Waals surface area (Å²) in [5.74, 6) is 0.300. The van der Waals surface area contributed by atoms with Crippen molar-refractivity contribution in [2.45, 2.75) is 18.5 Å². The number of rotatable bonds is 6. The maximum absolute atomic E-state index is 12.7. The number of likely N-dealkylation sites (N-methyl/N-ethyl adjacent to an activating group) is 1. The second-order valence-electron chi connectivity index (χ2n) is 5.38. The van der Waals surface area contributed by atoms with Gasteiger partial charge in [-0.1, -0.05) is 0 Å². The van der Waals surface area contributed by atoms with Crippen molar-refractivity contribution >= 4 is 5.78 Å². The molecule has 1 unspecified atom stereocenters. The van der Waals surface area contributed by atoms with E-state index in [1.165, 1.54) is 7.11 Å². The molecule has 2 heterocycles. The van der Waals surface area contributed by atoms with Gasteiger partial charge in [0.25, 0.3) is 0 Å². The number of carbonyl (C=O) groups excluding carboxylic acids is 1. The Balaban J connectivity index is 2.28. The van der Waals surface area contributed by atoms with Crippen molar-refractivity contribution in [2.75, 3.05) is 41.0 Å². The van der Waals surface area contributed by atoms with E-state index in [0.29, 0.717) is 31.0 Å². The fourth-order valence-corrected chi connectivity index (χ4v) is 2.21. The van der Waals surface area contributed by atoms with Crippen LogP contribution >= 0.6 is 0 Å². The molecule has 1 fully saturated rings. The zero-order chi connectivity index (χ0) is 14.8. The molecule has 1 aliphatic rings. The molecule has 112 valence electrons. The van der Waals surface area contributed by atoms with Crippen LogP contribution in [0.15, 0.2) is 6.20 Å². The van der Waals surface area contributed by atoms with E-state index in [1.54, 1.807) is 10.9 Å². The van der Waals surface area contributed by atoms with Crippen LogP contribution in [0.2, 0.25) is 0 Å². The van der Waals surface area contributed by atoms with Crippen molar-refractivity contribution in [3.63, 3.8) is 0 Å². The standard InChI is InChI=1S/C13H22N4O3/c1-16(2)5-6-17-11(10(19-3)8-15-17)12(18)13(14)4-7-20-9-13/h8H,4-7,9,14H2,1-3H3. The topological polar surface area (TPSA) is 82.6 Å². The molecule has 1 saturated heterocycles. The maximum Gasteiger partial charge on any atom is 0.206 e. The van der Waals surface area contributed by atoms with Gasteiger partial charge in [0.15, 0.2) is 5.75 Å². The Hall–Kier alpha value is -1.44. The Bertz CT molecular complexity index is 478. The molecule has 0 saturated carbocycles. The second-order valence-corrected chi connectivity index (χ2v) is 5.38. The van der Waals surface area contributed by atoms with Gasteiger partial charge >= 0.3 is 0 Å². The lowest BCUT2D eigenvalue weighted by Crippen LogP contribution is -2.49. The Morgan fingerprint density at radius 1 is 1.65 bits per heavy atom. The third-order valence-electron chi connectivity index (χ3n) is 3.50. The predicted octanol–water partition coefficient (Wildman–Crippen LogP) is -0.246. The molecule has 0 radical (unpaired) electrons. The summed E-state index contributed by atoms with van der Waals surface area (Å²) < 4.78 is 12.2. The maximum atomic E-state index is 12.7. The van der Waals surface area contributed by atoms with Gasteiger partial charge in [0.2, 0.25) is 5.78 Å². The largest absolute Gasteiger partial charge is 0.493 e. The van der Waals surface area contributed by atoms with Crippen LogP contribution in [0.1, 0.15) is 16.9 Å². The van der Waals surface area contributed by atoms with E-state index >= 15 is 0 Å². The highest BCUT2D eigenvalue weighted by Crippen LogP contribution is 2.26. The molecule has 2 rings (SSSR count). The highest BCUT2D eigenvalue weighted by molar-refractivity contribution is 6.04. The van der Waals surface area contributed by atoms with Crippen LogP contribution in [0.25, 0.3) is 0 Å². The van der Waals surface area contributed by atoms with E-state index in [2.05, 4.69) is 5.10 Å².